The zero-order valence-electron chi connectivity index (χ0n) is 14.5. The van der Waals surface area contributed by atoms with E-state index >= 15 is 0 Å². The summed E-state index contributed by atoms with van der Waals surface area (Å²) in [5, 5.41) is 3.39. The maximum atomic E-state index is 13.3. The lowest BCUT2D eigenvalue weighted by molar-refractivity contribution is -0.110. The van der Waals surface area contributed by atoms with Gasteiger partial charge in [-0.2, -0.15) is 0 Å². The van der Waals surface area contributed by atoms with Crippen molar-refractivity contribution in [2.75, 3.05) is 5.32 Å². The van der Waals surface area contributed by atoms with Crippen molar-refractivity contribution < 1.29 is 9.18 Å². The molecule has 136 valence electrons. The van der Waals surface area contributed by atoms with Gasteiger partial charge >= 0.3 is 0 Å². The van der Waals surface area contributed by atoms with Crippen molar-refractivity contribution in [1.29, 1.82) is 0 Å². The quantitative estimate of drug-likeness (QED) is 0.474. The summed E-state index contributed by atoms with van der Waals surface area (Å²) in [6.45, 7) is 0. The van der Waals surface area contributed by atoms with E-state index in [-0.39, 0.29) is 11.7 Å². The number of nitrogens with one attached hydrogen (secondary N) is 1. The molecule has 1 N–H and O–H groups in total. The van der Waals surface area contributed by atoms with Crippen LogP contribution in [0.2, 0.25) is 5.02 Å². The molecule has 0 unspecified atom stereocenters. The smallest absolute Gasteiger partial charge is 0.256 e. The number of aromatic nitrogens is 2. The molecule has 6 heteroatoms. The fourth-order valence-corrected chi connectivity index (χ4v) is 3.59. The van der Waals surface area contributed by atoms with Gasteiger partial charge in [0.25, 0.3) is 5.91 Å². The van der Waals surface area contributed by atoms with E-state index < -0.39 is 0 Å². The molecule has 4 nitrogen and oxygen atoms in total. The Hall–Kier alpha value is -3.44. The van der Waals surface area contributed by atoms with Crippen LogP contribution in [0.1, 0.15) is 11.3 Å². The van der Waals surface area contributed by atoms with E-state index in [0.717, 1.165) is 16.6 Å². The predicted molar refractivity (Wildman–Crippen MR) is 109 cm³/mol. The molecular weight excluding hydrogens is 377 g/mol. The summed E-state index contributed by atoms with van der Waals surface area (Å²) in [5.74, 6) is 0.180. The van der Waals surface area contributed by atoms with Gasteiger partial charge in [-0.05, 0) is 54.6 Å². The number of halogens is 2. The SMILES string of the molecule is O=C1Nc2cc(Cl)ccc2/C1=C\c1nc(-c2ccc(F)cc2)n2ccccc12. The number of rotatable bonds is 2. The molecule has 0 bridgehead atoms. The Morgan fingerprint density at radius 1 is 1.07 bits per heavy atom. The number of fused-ring (bicyclic) bond motifs is 2. The number of imidazole rings is 1. The standard InChI is InChI=1S/C22H13ClFN3O/c23-14-6-9-16-17(22(28)26-18(16)11-14)12-19-20-3-1-2-10-27(20)21(25-19)13-4-7-15(24)8-5-13/h1-12H,(H,26,28)/b17-12+. The minimum Gasteiger partial charge on any atom is -0.321 e. The van der Waals surface area contributed by atoms with Gasteiger partial charge < -0.3 is 5.32 Å². The van der Waals surface area contributed by atoms with E-state index in [2.05, 4.69) is 5.32 Å². The fourth-order valence-electron chi connectivity index (χ4n) is 3.42. The van der Waals surface area contributed by atoms with E-state index in [1.807, 2.05) is 34.9 Å². The Morgan fingerprint density at radius 3 is 2.71 bits per heavy atom. The monoisotopic (exact) mass is 389 g/mol. The van der Waals surface area contributed by atoms with E-state index in [9.17, 15) is 9.18 Å². The van der Waals surface area contributed by atoms with Crippen LogP contribution in [0.5, 0.6) is 0 Å². The lowest BCUT2D eigenvalue weighted by atomic mass is 10.1. The number of anilines is 1. The van der Waals surface area contributed by atoms with E-state index in [1.165, 1.54) is 12.1 Å². The zero-order valence-corrected chi connectivity index (χ0v) is 15.2. The van der Waals surface area contributed by atoms with Crippen LogP contribution in [-0.4, -0.2) is 15.3 Å². The third kappa shape index (κ3) is 2.68. The summed E-state index contributed by atoms with van der Waals surface area (Å²) in [4.78, 5) is 17.2. The number of carbonyl (C=O) groups is 1. The molecule has 2 aromatic carbocycles. The number of hydrogen-bond donors (Lipinski definition) is 1. The van der Waals surface area contributed by atoms with Crippen LogP contribution in [-0.2, 0) is 4.79 Å². The molecule has 3 heterocycles. The molecule has 0 saturated heterocycles. The van der Waals surface area contributed by atoms with Crippen LogP contribution in [0.4, 0.5) is 10.1 Å². The molecule has 0 fully saturated rings. The lowest BCUT2D eigenvalue weighted by Gasteiger charge is -2.00. The van der Waals surface area contributed by atoms with Gasteiger partial charge in [0.2, 0.25) is 0 Å². The maximum absolute atomic E-state index is 13.3. The highest BCUT2D eigenvalue weighted by molar-refractivity contribution is 6.36. The first-order chi connectivity index (χ1) is 13.6. The zero-order chi connectivity index (χ0) is 19.3. The van der Waals surface area contributed by atoms with Crippen LogP contribution in [0.15, 0.2) is 66.9 Å². The number of amides is 1. The Morgan fingerprint density at radius 2 is 1.89 bits per heavy atom. The Labute approximate surface area is 164 Å². The summed E-state index contributed by atoms with van der Waals surface area (Å²) in [7, 11) is 0. The van der Waals surface area contributed by atoms with Crippen molar-refractivity contribution >= 4 is 40.4 Å². The van der Waals surface area contributed by atoms with Gasteiger partial charge in [0, 0.05) is 22.3 Å². The summed E-state index contributed by atoms with van der Waals surface area (Å²) in [6, 6.07) is 17.2. The molecule has 0 atom stereocenters. The molecule has 1 aliphatic heterocycles. The van der Waals surface area contributed by atoms with Crippen molar-refractivity contribution in [1.82, 2.24) is 9.38 Å². The van der Waals surface area contributed by atoms with Gasteiger partial charge in [-0.1, -0.05) is 23.7 Å². The molecule has 0 spiro atoms. The molecule has 4 aromatic rings. The van der Waals surface area contributed by atoms with Gasteiger partial charge in [-0.3, -0.25) is 9.20 Å². The highest BCUT2D eigenvalue weighted by Crippen LogP contribution is 2.35. The van der Waals surface area contributed by atoms with E-state index in [0.29, 0.717) is 27.8 Å². The van der Waals surface area contributed by atoms with Gasteiger partial charge in [0.15, 0.2) is 0 Å². The third-order valence-corrected chi connectivity index (χ3v) is 4.96. The van der Waals surface area contributed by atoms with Crippen molar-refractivity contribution in [3.05, 3.63) is 89.0 Å². The molecule has 0 radical (unpaired) electrons. The maximum Gasteiger partial charge on any atom is 0.256 e. The summed E-state index contributed by atoms with van der Waals surface area (Å²) in [6.07, 6.45) is 3.67. The highest BCUT2D eigenvalue weighted by atomic mass is 35.5. The van der Waals surface area contributed by atoms with Crippen LogP contribution < -0.4 is 5.32 Å². The van der Waals surface area contributed by atoms with Gasteiger partial charge in [-0.15, -0.1) is 0 Å². The summed E-state index contributed by atoms with van der Waals surface area (Å²) >= 11 is 6.03. The molecule has 1 amide bonds. The molecular formula is C22H13ClFN3O. The van der Waals surface area contributed by atoms with Gasteiger partial charge in [0.1, 0.15) is 11.6 Å². The van der Waals surface area contributed by atoms with Crippen molar-refractivity contribution in [3.8, 4) is 11.4 Å². The van der Waals surface area contributed by atoms with Crippen LogP contribution in [0.3, 0.4) is 0 Å². The molecule has 0 saturated carbocycles. The topological polar surface area (TPSA) is 46.4 Å². The molecule has 2 aromatic heterocycles. The molecule has 1 aliphatic rings. The number of carbonyl (C=O) groups excluding carboxylic acids is 1. The third-order valence-electron chi connectivity index (χ3n) is 4.72. The van der Waals surface area contributed by atoms with E-state index in [4.69, 9.17) is 16.6 Å². The molecule has 5 rings (SSSR count). The second-order valence-corrected chi connectivity index (χ2v) is 6.92. The minimum absolute atomic E-state index is 0.197. The van der Waals surface area contributed by atoms with Gasteiger partial charge in [-0.25, -0.2) is 9.37 Å². The Balaban J connectivity index is 1.70. The minimum atomic E-state index is -0.301. The second-order valence-electron chi connectivity index (χ2n) is 6.49. The average molecular weight is 390 g/mol. The van der Waals surface area contributed by atoms with Gasteiger partial charge in [0.05, 0.1) is 22.5 Å². The first kappa shape index (κ1) is 16.7. The average Bonchev–Trinajstić information content (AvgIpc) is 3.20. The van der Waals surface area contributed by atoms with Crippen molar-refractivity contribution in [2.24, 2.45) is 0 Å². The number of hydrogen-bond acceptors (Lipinski definition) is 2. The van der Waals surface area contributed by atoms with Crippen LogP contribution >= 0.6 is 11.6 Å². The van der Waals surface area contributed by atoms with Crippen molar-refractivity contribution in [2.45, 2.75) is 0 Å². The number of pyridine rings is 1. The Kier molecular flexibility index (Phi) is 3.77. The largest absolute Gasteiger partial charge is 0.321 e. The van der Waals surface area contributed by atoms with Crippen LogP contribution in [0.25, 0.3) is 28.6 Å². The Bertz CT molecular complexity index is 1270. The lowest BCUT2D eigenvalue weighted by Crippen LogP contribution is -2.03. The fraction of sp³-hybridized carbons (Fsp3) is 0. The van der Waals surface area contributed by atoms with Crippen molar-refractivity contribution in [3.63, 3.8) is 0 Å². The number of nitrogens with zero attached hydrogens (tertiary/aromatic N) is 2. The van der Waals surface area contributed by atoms with Crippen LogP contribution in [0, 0.1) is 5.82 Å². The van der Waals surface area contributed by atoms with E-state index in [1.54, 1.807) is 30.3 Å². The first-order valence-electron chi connectivity index (χ1n) is 8.66. The molecule has 0 aliphatic carbocycles. The second kappa shape index (κ2) is 6.32. The normalized spacial score (nSPS) is 14.5. The number of benzene rings is 2. The highest BCUT2D eigenvalue weighted by Gasteiger charge is 2.25. The summed E-state index contributed by atoms with van der Waals surface area (Å²) in [5.41, 5.74) is 4.30. The predicted octanol–water partition coefficient (Wildman–Crippen LogP) is 5.29. The molecule has 28 heavy (non-hydrogen) atoms. The summed E-state index contributed by atoms with van der Waals surface area (Å²) < 4.78 is 15.2. The first-order valence-corrected chi connectivity index (χ1v) is 9.04.